The summed E-state index contributed by atoms with van der Waals surface area (Å²) in [6.45, 7) is 5.29. The number of nitrogens with one attached hydrogen (secondary N) is 1. The molecule has 2 fully saturated rings. The molecule has 6 nitrogen and oxygen atoms in total. The molecule has 1 amide bonds. The highest BCUT2D eigenvalue weighted by molar-refractivity contribution is 7.14. The zero-order chi connectivity index (χ0) is 18.6. The van der Waals surface area contributed by atoms with Crippen LogP contribution >= 0.6 is 11.3 Å². The maximum atomic E-state index is 12.6. The number of piperazine rings is 1. The van der Waals surface area contributed by atoms with Crippen LogP contribution in [0.25, 0.3) is 0 Å². The minimum Gasteiger partial charge on any atom is -0.373 e. The zero-order valence-corrected chi connectivity index (χ0v) is 16.5. The summed E-state index contributed by atoms with van der Waals surface area (Å²) in [5, 5.41) is 3.06. The smallest absolute Gasteiger partial charge is 0.261 e. The second kappa shape index (κ2) is 8.37. The molecular weight excluding hydrogens is 360 g/mol. The van der Waals surface area contributed by atoms with Gasteiger partial charge >= 0.3 is 0 Å². The fraction of sp³-hybridized carbons (Fsp3) is 0.500. The first-order chi connectivity index (χ1) is 13.2. The van der Waals surface area contributed by atoms with E-state index in [1.54, 1.807) is 0 Å². The highest BCUT2D eigenvalue weighted by Gasteiger charge is 2.21. The second-order valence-electron chi connectivity index (χ2n) is 7.16. The van der Waals surface area contributed by atoms with Gasteiger partial charge in [-0.2, -0.15) is 0 Å². The first-order valence-electron chi connectivity index (χ1n) is 9.57. The van der Waals surface area contributed by atoms with E-state index < -0.39 is 0 Å². The molecule has 2 aliphatic rings. The molecule has 2 aliphatic heterocycles. The fourth-order valence-electron chi connectivity index (χ4n) is 3.58. The number of anilines is 1. The monoisotopic (exact) mass is 386 g/mol. The summed E-state index contributed by atoms with van der Waals surface area (Å²) in [7, 11) is 2.14. The van der Waals surface area contributed by atoms with Crippen molar-refractivity contribution in [2.24, 2.45) is 0 Å². The highest BCUT2D eigenvalue weighted by atomic mass is 32.1. The van der Waals surface area contributed by atoms with E-state index in [1.807, 2.05) is 30.5 Å². The summed E-state index contributed by atoms with van der Waals surface area (Å²) < 4.78 is 5.71. The van der Waals surface area contributed by atoms with E-state index in [4.69, 9.17) is 4.74 Å². The van der Waals surface area contributed by atoms with Gasteiger partial charge in [0.2, 0.25) is 0 Å². The molecule has 1 atom stereocenters. The maximum absolute atomic E-state index is 12.6. The Labute approximate surface area is 164 Å². The van der Waals surface area contributed by atoms with Gasteiger partial charge in [0, 0.05) is 56.0 Å². The van der Waals surface area contributed by atoms with Crippen molar-refractivity contribution in [1.82, 2.24) is 15.2 Å². The summed E-state index contributed by atoms with van der Waals surface area (Å²) in [6, 6.07) is 7.91. The van der Waals surface area contributed by atoms with Crippen LogP contribution in [-0.2, 0) is 11.3 Å². The van der Waals surface area contributed by atoms with E-state index >= 15 is 0 Å². The van der Waals surface area contributed by atoms with Gasteiger partial charge in [-0.15, -0.1) is 11.3 Å². The van der Waals surface area contributed by atoms with Crippen LogP contribution in [0.3, 0.4) is 0 Å². The molecular formula is C20H26N4O2S. The fourth-order valence-corrected chi connectivity index (χ4v) is 4.59. The number of hydrogen-bond donors (Lipinski definition) is 1. The molecule has 4 heterocycles. The van der Waals surface area contributed by atoms with E-state index in [0.717, 1.165) is 66.8 Å². The maximum Gasteiger partial charge on any atom is 0.261 e. The predicted molar refractivity (Wildman–Crippen MR) is 107 cm³/mol. The summed E-state index contributed by atoms with van der Waals surface area (Å²) in [6.07, 6.45) is 4.14. The molecule has 0 radical (unpaired) electrons. The summed E-state index contributed by atoms with van der Waals surface area (Å²) in [5.74, 6) is 0.953. The van der Waals surface area contributed by atoms with Crippen molar-refractivity contribution in [3.8, 4) is 0 Å². The van der Waals surface area contributed by atoms with Crippen molar-refractivity contribution >= 4 is 23.1 Å². The molecule has 0 saturated carbocycles. The minimum atomic E-state index is -0.0302. The first-order valence-corrected chi connectivity index (χ1v) is 10.4. The Morgan fingerprint density at radius 2 is 2.15 bits per heavy atom. The molecule has 144 valence electrons. The molecule has 2 aromatic heterocycles. The lowest BCUT2D eigenvalue weighted by Gasteiger charge is -2.34. The molecule has 4 rings (SSSR count). The first kappa shape index (κ1) is 18.4. The largest absolute Gasteiger partial charge is 0.373 e. The number of likely N-dealkylation sites (N-methyl/N-ethyl adjacent to an activating group) is 1. The normalized spacial score (nSPS) is 20.8. The zero-order valence-electron chi connectivity index (χ0n) is 15.7. The number of carbonyl (C=O) groups excluding carboxylic acids is 1. The van der Waals surface area contributed by atoms with Crippen molar-refractivity contribution in [2.75, 3.05) is 44.7 Å². The van der Waals surface area contributed by atoms with E-state index in [-0.39, 0.29) is 12.0 Å². The number of thiophene rings is 1. The minimum absolute atomic E-state index is 0.0302. The molecule has 1 N–H and O–H groups in total. The van der Waals surface area contributed by atoms with Gasteiger partial charge in [0.25, 0.3) is 5.91 Å². The third-order valence-electron chi connectivity index (χ3n) is 5.21. The van der Waals surface area contributed by atoms with Crippen molar-refractivity contribution < 1.29 is 9.53 Å². The number of nitrogens with zero attached hydrogens (tertiary/aromatic N) is 3. The van der Waals surface area contributed by atoms with Crippen molar-refractivity contribution in [1.29, 1.82) is 0 Å². The van der Waals surface area contributed by atoms with Gasteiger partial charge in [0.1, 0.15) is 5.82 Å². The Hall–Kier alpha value is -1.96. The molecule has 2 saturated heterocycles. The second-order valence-corrected chi connectivity index (χ2v) is 8.28. The Balaban J connectivity index is 1.39. The topological polar surface area (TPSA) is 57.7 Å². The van der Waals surface area contributed by atoms with Crippen molar-refractivity contribution in [3.05, 3.63) is 45.8 Å². The number of hydrogen-bond acceptors (Lipinski definition) is 6. The Morgan fingerprint density at radius 1 is 1.30 bits per heavy atom. The lowest BCUT2D eigenvalue weighted by Crippen LogP contribution is -2.45. The molecule has 0 aliphatic carbocycles. The van der Waals surface area contributed by atoms with Gasteiger partial charge in [-0.25, -0.2) is 4.98 Å². The Kier molecular flexibility index (Phi) is 5.71. The van der Waals surface area contributed by atoms with E-state index in [9.17, 15) is 4.79 Å². The SMILES string of the molecule is CN1CCN(c2ncccc2CNC(=O)c2ccc([C@H]3CCCO3)s2)CC1. The lowest BCUT2D eigenvalue weighted by molar-refractivity contribution is 0.0955. The average molecular weight is 387 g/mol. The molecule has 0 spiro atoms. The van der Waals surface area contributed by atoms with Gasteiger partial charge in [0.05, 0.1) is 11.0 Å². The molecule has 2 aromatic rings. The van der Waals surface area contributed by atoms with Crippen LogP contribution in [0, 0.1) is 0 Å². The van der Waals surface area contributed by atoms with Crippen LogP contribution in [0.2, 0.25) is 0 Å². The number of rotatable bonds is 5. The number of ether oxygens (including phenoxy) is 1. The summed E-state index contributed by atoms with van der Waals surface area (Å²) in [5.41, 5.74) is 1.06. The van der Waals surface area contributed by atoms with E-state index in [2.05, 4.69) is 27.1 Å². The van der Waals surface area contributed by atoms with Crippen LogP contribution in [0.1, 0.15) is 39.1 Å². The standard InChI is InChI=1S/C20H26N4O2S/c1-23-9-11-24(12-10-23)19-15(4-2-8-21-19)14-22-20(25)18-7-6-17(27-18)16-5-3-13-26-16/h2,4,6-8,16H,3,5,9-14H2,1H3,(H,22,25)/t16-/m1/s1. The van der Waals surface area contributed by atoms with Crippen LogP contribution < -0.4 is 10.2 Å². The van der Waals surface area contributed by atoms with Crippen LogP contribution in [-0.4, -0.2) is 55.6 Å². The molecule has 0 aromatic carbocycles. The van der Waals surface area contributed by atoms with Crippen molar-refractivity contribution in [2.45, 2.75) is 25.5 Å². The van der Waals surface area contributed by atoms with Crippen molar-refractivity contribution in [3.63, 3.8) is 0 Å². The highest BCUT2D eigenvalue weighted by Crippen LogP contribution is 2.33. The molecule has 0 unspecified atom stereocenters. The quantitative estimate of drug-likeness (QED) is 0.856. The number of carbonyl (C=O) groups is 1. The average Bonchev–Trinajstić information content (AvgIpc) is 3.38. The summed E-state index contributed by atoms with van der Waals surface area (Å²) in [4.78, 5) is 23.7. The molecule has 27 heavy (non-hydrogen) atoms. The predicted octanol–water partition coefficient (Wildman–Crippen LogP) is 2.68. The van der Waals surface area contributed by atoms with Gasteiger partial charge in [-0.3, -0.25) is 4.79 Å². The van der Waals surface area contributed by atoms with Crippen LogP contribution in [0.15, 0.2) is 30.5 Å². The Bertz CT molecular complexity index is 780. The number of pyridine rings is 1. The number of amides is 1. The van der Waals surface area contributed by atoms with Crippen LogP contribution in [0.4, 0.5) is 5.82 Å². The van der Waals surface area contributed by atoms with Gasteiger partial charge in [-0.1, -0.05) is 6.07 Å². The van der Waals surface area contributed by atoms with Crippen LogP contribution in [0.5, 0.6) is 0 Å². The molecule has 0 bridgehead atoms. The van der Waals surface area contributed by atoms with Gasteiger partial charge < -0.3 is 19.9 Å². The summed E-state index contributed by atoms with van der Waals surface area (Å²) >= 11 is 1.54. The Morgan fingerprint density at radius 3 is 2.93 bits per heavy atom. The van der Waals surface area contributed by atoms with Gasteiger partial charge in [0.15, 0.2) is 0 Å². The van der Waals surface area contributed by atoms with E-state index in [1.165, 1.54) is 11.3 Å². The lowest BCUT2D eigenvalue weighted by atomic mass is 10.2. The van der Waals surface area contributed by atoms with E-state index in [0.29, 0.717) is 6.54 Å². The molecule has 7 heteroatoms. The number of aromatic nitrogens is 1. The third kappa shape index (κ3) is 4.31. The van der Waals surface area contributed by atoms with Gasteiger partial charge in [-0.05, 0) is 38.1 Å². The third-order valence-corrected chi connectivity index (χ3v) is 6.38.